The molecule has 0 aromatic heterocycles. The summed E-state index contributed by atoms with van der Waals surface area (Å²) in [5.74, 6) is -0.00356. The number of carbonyl (C=O) groups excluding carboxylic acids is 1. The van der Waals surface area contributed by atoms with E-state index in [1.54, 1.807) is 19.0 Å². The van der Waals surface area contributed by atoms with Crippen LogP contribution in [0.5, 0.6) is 0 Å². The molecule has 1 atom stereocenters. The van der Waals surface area contributed by atoms with Gasteiger partial charge in [0.25, 0.3) is 5.91 Å². The molecule has 4 nitrogen and oxygen atoms in total. The third kappa shape index (κ3) is 3.49. The molecule has 0 aliphatic carbocycles. The fourth-order valence-corrected chi connectivity index (χ4v) is 3.13. The third-order valence-corrected chi connectivity index (χ3v) is 4.34. The first kappa shape index (κ1) is 15.7. The Kier molecular flexibility index (Phi) is 5.10. The highest BCUT2D eigenvalue weighted by molar-refractivity contribution is 5.95. The topological polar surface area (TPSA) is 49.6 Å². The first-order valence-electron chi connectivity index (χ1n) is 7.92. The van der Waals surface area contributed by atoms with Gasteiger partial charge in [0.2, 0.25) is 0 Å². The van der Waals surface area contributed by atoms with Crippen LogP contribution in [0.25, 0.3) is 0 Å². The Hall–Kier alpha value is -1.71. The third-order valence-electron chi connectivity index (χ3n) is 4.34. The molecule has 1 unspecified atom stereocenters. The number of nitrogen functional groups attached to an aromatic ring is 1. The predicted octanol–water partition coefficient (Wildman–Crippen LogP) is 3.13. The van der Waals surface area contributed by atoms with Crippen molar-refractivity contribution in [1.82, 2.24) is 4.90 Å². The Morgan fingerprint density at radius 3 is 2.71 bits per heavy atom. The van der Waals surface area contributed by atoms with E-state index in [2.05, 4.69) is 11.8 Å². The normalized spacial score (nSPS) is 19.2. The van der Waals surface area contributed by atoms with Gasteiger partial charge in [-0.3, -0.25) is 4.79 Å². The smallest absolute Gasteiger partial charge is 0.253 e. The second-order valence-electron chi connectivity index (χ2n) is 6.08. The highest BCUT2D eigenvalue weighted by Crippen LogP contribution is 2.31. The van der Waals surface area contributed by atoms with E-state index in [-0.39, 0.29) is 5.91 Å². The average molecular weight is 289 g/mol. The monoisotopic (exact) mass is 289 g/mol. The van der Waals surface area contributed by atoms with Crippen molar-refractivity contribution in [2.75, 3.05) is 31.3 Å². The van der Waals surface area contributed by atoms with Crippen molar-refractivity contribution < 1.29 is 4.79 Å². The molecular weight excluding hydrogens is 262 g/mol. The molecule has 116 valence electrons. The van der Waals surface area contributed by atoms with Crippen molar-refractivity contribution in [2.45, 2.75) is 45.1 Å². The first-order valence-corrected chi connectivity index (χ1v) is 7.92. The summed E-state index contributed by atoms with van der Waals surface area (Å²) in [7, 11) is 3.52. The van der Waals surface area contributed by atoms with Gasteiger partial charge in [-0.1, -0.05) is 19.8 Å². The van der Waals surface area contributed by atoms with Gasteiger partial charge in [0.15, 0.2) is 0 Å². The van der Waals surface area contributed by atoms with Crippen LogP contribution < -0.4 is 10.6 Å². The number of nitrogens with two attached hydrogens (primary N) is 1. The van der Waals surface area contributed by atoms with Gasteiger partial charge >= 0.3 is 0 Å². The number of hydrogen-bond donors (Lipinski definition) is 1. The minimum Gasteiger partial charge on any atom is -0.397 e. The molecular formula is C17H27N3O. The molecule has 1 aliphatic heterocycles. The van der Waals surface area contributed by atoms with Gasteiger partial charge in [-0.15, -0.1) is 0 Å². The van der Waals surface area contributed by atoms with E-state index < -0.39 is 0 Å². The Bertz CT molecular complexity index is 499. The van der Waals surface area contributed by atoms with Crippen LogP contribution in [-0.4, -0.2) is 37.5 Å². The highest BCUT2D eigenvalue weighted by atomic mass is 16.2. The van der Waals surface area contributed by atoms with Crippen molar-refractivity contribution in [1.29, 1.82) is 0 Å². The molecule has 1 amide bonds. The van der Waals surface area contributed by atoms with Crippen molar-refractivity contribution in [2.24, 2.45) is 0 Å². The number of anilines is 2. The molecule has 1 aromatic rings. The van der Waals surface area contributed by atoms with E-state index in [0.29, 0.717) is 17.3 Å². The lowest BCUT2D eigenvalue weighted by Gasteiger charge is -2.32. The summed E-state index contributed by atoms with van der Waals surface area (Å²) in [6.07, 6.45) is 6.18. The fraction of sp³-hybridized carbons (Fsp3) is 0.588. The van der Waals surface area contributed by atoms with Crippen LogP contribution in [0.2, 0.25) is 0 Å². The Labute approximate surface area is 127 Å². The van der Waals surface area contributed by atoms with Gasteiger partial charge in [0.1, 0.15) is 0 Å². The molecule has 0 radical (unpaired) electrons. The van der Waals surface area contributed by atoms with Gasteiger partial charge in [-0.05, 0) is 37.5 Å². The minimum absolute atomic E-state index is 0.00356. The number of amides is 1. The summed E-state index contributed by atoms with van der Waals surface area (Å²) < 4.78 is 0. The largest absolute Gasteiger partial charge is 0.397 e. The lowest BCUT2D eigenvalue weighted by molar-refractivity contribution is 0.0827. The van der Waals surface area contributed by atoms with Crippen LogP contribution in [-0.2, 0) is 0 Å². The Balaban J connectivity index is 2.28. The second kappa shape index (κ2) is 6.83. The molecule has 0 spiro atoms. The number of nitrogens with zero attached hydrogens (tertiary/aromatic N) is 2. The maximum absolute atomic E-state index is 12.0. The summed E-state index contributed by atoms with van der Waals surface area (Å²) in [6.45, 7) is 3.30. The number of hydrogen-bond acceptors (Lipinski definition) is 3. The molecule has 2 rings (SSSR count). The van der Waals surface area contributed by atoms with E-state index >= 15 is 0 Å². The summed E-state index contributed by atoms with van der Waals surface area (Å²) in [4.78, 5) is 16.0. The van der Waals surface area contributed by atoms with Gasteiger partial charge < -0.3 is 15.5 Å². The molecule has 1 heterocycles. The van der Waals surface area contributed by atoms with Gasteiger partial charge in [0, 0.05) is 32.2 Å². The molecule has 1 aliphatic rings. The number of carbonyl (C=O) groups is 1. The minimum atomic E-state index is -0.00356. The van der Waals surface area contributed by atoms with E-state index in [1.807, 2.05) is 18.2 Å². The lowest BCUT2D eigenvalue weighted by Crippen LogP contribution is -2.35. The SMILES string of the molecule is CCC1CCCCCN1c1ccc(C(=O)N(C)C)cc1N. The van der Waals surface area contributed by atoms with Crippen LogP contribution in [0, 0.1) is 0 Å². The van der Waals surface area contributed by atoms with Crippen LogP contribution in [0.4, 0.5) is 11.4 Å². The molecule has 1 aromatic carbocycles. The summed E-state index contributed by atoms with van der Waals surface area (Å²) in [5, 5.41) is 0. The quantitative estimate of drug-likeness (QED) is 0.870. The zero-order valence-electron chi connectivity index (χ0n) is 13.4. The van der Waals surface area contributed by atoms with Crippen LogP contribution >= 0.6 is 0 Å². The molecule has 2 N–H and O–H groups in total. The number of rotatable bonds is 3. The maximum atomic E-state index is 12.0. The van der Waals surface area contributed by atoms with Crippen molar-refractivity contribution >= 4 is 17.3 Å². The zero-order valence-corrected chi connectivity index (χ0v) is 13.4. The van der Waals surface area contributed by atoms with E-state index in [4.69, 9.17) is 5.73 Å². The highest BCUT2D eigenvalue weighted by Gasteiger charge is 2.22. The maximum Gasteiger partial charge on any atom is 0.253 e. The molecule has 4 heteroatoms. The average Bonchev–Trinajstić information content (AvgIpc) is 2.71. The predicted molar refractivity (Wildman–Crippen MR) is 88.8 cm³/mol. The van der Waals surface area contributed by atoms with Gasteiger partial charge in [-0.2, -0.15) is 0 Å². The Morgan fingerprint density at radius 2 is 2.10 bits per heavy atom. The van der Waals surface area contributed by atoms with Crippen molar-refractivity contribution in [3.63, 3.8) is 0 Å². The second-order valence-corrected chi connectivity index (χ2v) is 6.08. The standard InChI is InChI=1S/C17H27N3O/c1-4-14-8-6-5-7-11-20(14)16-10-9-13(12-15(16)18)17(21)19(2)3/h9-10,12,14H,4-8,11,18H2,1-3H3. The van der Waals surface area contributed by atoms with Gasteiger partial charge in [-0.25, -0.2) is 0 Å². The number of benzene rings is 1. The van der Waals surface area contributed by atoms with Crippen LogP contribution in [0.3, 0.4) is 0 Å². The summed E-state index contributed by atoms with van der Waals surface area (Å²) in [5.41, 5.74) is 8.70. The van der Waals surface area contributed by atoms with Crippen molar-refractivity contribution in [3.8, 4) is 0 Å². The zero-order chi connectivity index (χ0) is 15.4. The van der Waals surface area contributed by atoms with Gasteiger partial charge in [0.05, 0.1) is 11.4 Å². The van der Waals surface area contributed by atoms with E-state index in [0.717, 1.165) is 18.7 Å². The van der Waals surface area contributed by atoms with E-state index in [9.17, 15) is 4.79 Å². The van der Waals surface area contributed by atoms with Crippen LogP contribution in [0.1, 0.15) is 49.4 Å². The van der Waals surface area contributed by atoms with E-state index in [1.165, 1.54) is 25.7 Å². The lowest BCUT2D eigenvalue weighted by atomic mass is 10.1. The first-order chi connectivity index (χ1) is 10.0. The molecule has 0 saturated carbocycles. The molecule has 1 saturated heterocycles. The molecule has 0 bridgehead atoms. The Morgan fingerprint density at radius 1 is 1.33 bits per heavy atom. The van der Waals surface area contributed by atoms with Crippen LogP contribution in [0.15, 0.2) is 18.2 Å². The fourth-order valence-electron chi connectivity index (χ4n) is 3.13. The molecule has 21 heavy (non-hydrogen) atoms. The van der Waals surface area contributed by atoms with Crippen molar-refractivity contribution in [3.05, 3.63) is 23.8 Å². The summed E-state index contributed by atoms with van der Waals surface area (Å²) in [6, 6.07) is 6.28. The molecule has 1 fully saturated rings. The summed E-state index contributed by atoms with van der Waals surface area (Å²) >= 11 is 0.